The Balaban J connectivity index is 1.96. The van der Waals surface area contributed by atoms with E-state index in [1.165, 1.54) is 6.07 Å². The molecule has 1 N–H and O–H groups in total. The van der Waals surface area contributed by atoms with Gasteiger partial charge in [-0.25, -0.2) is 8.42 Å². The third kappa shape index (κ3) is 3.68. The maximum atomic E-state index is 13.6. The first-order valence-corrected chi connectivity index (χ1v) is 11.5. The minimum Gasteiger partial charge on any atom is -0.387 e. The molecular weight excluding hydrogens is 406 g/mol. The molecule has 0 atom stereocenters. The summed E-state index contributed by atoms with van der Waals surface area (Å²) in [6.07, 6.45) is 0. The highest BCUT2D eigenvalue weighted by Crippen LogP contribution is 2.40. The lowest BCUT2D eigenvalue weighted by atomic mass is 10.1. The molecule has 3 aromatic rings. The second-order valence-electron chi connectivity index (χ2n) is 7.32. The predicted octanol–water partition coefficient (Wildman–Crippen LogP) is 4.12. The van der Waals surface area contributed by atoms with Crippen LogP contribution in [0.4, 0.5) is 11.4 Å². The molecule has 0 amide bonds. The highest BCUT2D eigenvalue weighted by molar-refractivity contribution is 7.91. The molecule has 7 heteroatoms. The van der Waals surface area contributed by atoms with Gasteiger partial charge in [-0.3, -0.25) is 0 Å². The van der Waals surface area contributed by atoms with Crippen LogP contribution in [0.2, 0.25) is 5.02 Å². The minimum absolute atomic E-state index is 0.195. The van der Waals surface area contributed by atoms with Crippen molar-refractivity contribution >= 4 is 43.6 Å². The summed E-state index contributed by atoms with van der Waals surface area (Å²) < 4.78 is 27.1. The first-order chi connectivity index (χ1) is 13.9. The van der Waals surface area contributed by atoms with Crippen molar-refractivity contribution in [3.63, 3.8) is 0 Å². The van der Waals surface area contributed by atoms with Crippen molar-refractivity contribution in [2.45, 2.75) is 9.79 Å². The molecule has 3 aromatic carbocycles. The number of benzene rings is 3. The van der Waals surface area contributed by atoms with E-state index in [-0.39, 0.29) is 9.79 Å². The van der Waals surface area contributed by atoms with Crippen molar-refractivity contribution < 1.29 is 8.42 Å². The van der Waals surface area contributed by atoms with E-state index >= 15 is 0 Å². The molecule has 1 fully saturated rings. The van der Waals surface area contributed by atoms with Crippen LogP contribution < -0.4 is 10.2 Å². The van der Waals surface area contributed by atoms with Gasteiger partial charge >= 0.3 is 0 Å². The number of likely N-dealkylation sites (N-methyl/N-ethyl adjacent to an activating group) is 1. The van der Waals surface area contributed by atoms with Gasteiger partial charge in [-0.1, -0.05) is 41.9 Å². The van der Waals surface area contributed by atoms with Gasteiger partial charge < -0.3 is 15.1 Å². The van der Waals surface area contributed by atoms with Gasteiger partial charge in [-0.2, -0.15) is 0 Å². The average Bonchev–Trinajstić information content (AvgIpc) is 2.73. The number of rotatable bonds is 4. The number of nitrogens with one attached hydrogen (secondary N) is 1. The molecule has 1 heterocycles. The quantitative estimate of drug-likeness (QED) is 0.676. The number of nitrogens with zero attached hydrogens (tertiary/aromatic N) is 2. The van der Waals surface area contributed by atoms with Crippen LogP contribution in [0.3, 0.4) is 0 Å². The zero-order chi connectivity index (χ0) is 20.6. The summed E-state index contributed by atoms with van der Waals surface area (Å²) >= 11 is 6.08. The van der Waals surface area contributed by atoms with Crippen molar-refractivity contribution in [3.05, 3.63) is 59.6 Å². The normalized spacial score (nSPS) is 15.6. The van der Waals surface area contributed by atoms with Crippen molar-refractivity contribution in [1.82, 2.24) is 4.90 Å². The molecule has 4 rings (SSSR count). The minimum atomic E-state index is -3.75. The van der Waals surface area contributed by atoms with E-state index in [0.717, 1.165) is 42.6 Å². The average molecular weight is 430 g/mol. The van der Waals surface area contributed by atoms with Crippen LogP contribution >= 0.6 is 11.6 Å². The molecule has 0 spiro atoms. The van der Waals surface area contributed by atoms with Crippen LogP contribution in [0, 0.1) is 0 Å². The summed E-state index contributed by atoms with van der Waals surface area (Å²) in [4.78, 5) is 5.03. The molecule has 0 aliphatic carbocycles. The molecule has 0 unspecified atom stereocenters. The molecular formula is C22H24ClN3O2S. The van der Waals surface area contributed by atoms with Crippen molar-refractivity contribution in [2.24, 2.45) is 0 Å². The summed E-state index contributed by atoms with van der Waals surface area (Å²) in [5.41, 5.74) is 1.56. The third-order valence-electron chi connectivity index (χ3n) is 5.48. The largest absolute Gasteiger partial charge is 0.387 e. The molecule has 152 valence electrons. The summed E-state index contributed by atoms with van der Waals surface area (Å²) in [7, 11) is 0.112. The van der Waals surface area contributed by atoms with Crippen molar-refractivity contribution in [3.8, 4) is 0 Å². The van der Waals surface area contributed by atoms with Gasteiger partial charge in [-0.05, 0) is 31.3 Å². The van der Waals surface area contributed by atoms with Gasteiger partial charge in [0.1, 0.15) is 0 Å². The number of halogens is 1. The molecule has 0 saturated carbocycles. The van der Waals surface area contributed by atoms with Gasteiger partial charge in [0.15, 0.2) is 0 Å². The molecule has 29 heavy (non-hydrogen) atoms. The lowest BCUT2D eigenvalue weighted by Crippen LogP contribution is -2.44. The maximum absolute atomic E-state index is 13.6. The monoisotopic (exact) mass is 429 g/mol. The van der Waals surface area contributed by atoms with Crippen LogP contribution in [-0.4, -0.2) is 53.6 Å². The van der Waals surface area contributed by atoms with Crippen LogP contribution in [0.5, 0.6) is 0 Å². The Morgan fingerprint density at radius 3 is 2.28 bits per heavy atom. The summed E-state index contributed by atoms with van der Waals surface area (Å²) in [6, 6.07) is 16.2. The van der Waals surface area contributed by atoms with E-state index in [9.17, 15) is 8.42 Å². The van der Waals surface area contributed by atoms with Gasteiger partial charge in [0, 0.05) is 54.7 Å². The fourth-order valence-corrected chi connectivity index (χ4v) is 5.67. The Hall–Kier alpha value is -2.28. The number of fused-ring (bicyclic) bond motifs is 1. The SMILES string of the molecule is CNc1c(S(=O)(=O)c2cccc(Cl)c2)cc(N2CCN(C)CC2)c2ccccc12. The molecule has 0 aromatic heterocycles. The Kier molecular flexibility index (Phi) is 5.42. The van der Waals surface area contributed by atoms with E-state index in [1.807, 2.05) is 24.3 Å². The first kappa shape index (κ1) is 20.0. The van der Waals surface area contributed by atoms with Crippen LogP contribution in [0.1, 0.15) is 0 Å². The first-order valence-electron chi connectivity index (χ1n) is 9.59. The molecule has 5 nitrogen and oxygen atoms in total. The molecule has 1 aliphatic heterocycles. The number of hydrogen-bond donors (Lipinski definition) is 1. The lowest BCUT2D eigenvalue weighted by molar-refractivity contribution is 0.313. The number of piperazine rings is 1. The van der Waals surface area contributed by atoms with E-state index in [0.29, 0.717) is 10.7 Å². The standard InChI is InChI=1S/C22H24ClN3O2S/c1-24-22-19-9-4-3-8-18(19)20(26-12-10-25(2)11-13-26)15-21(22)29(27,28)17-7-5-6-16(23)14-17/h3-9,14-15,24H,10-13H2,1-2H3. The Labute approximate surface area is 176 Å². The second-order valence-corrected chi connectivity index (χ2v) is 9.67. The highest BCUT2D eigenvalue weighted by Gasteiger charge is 2.26. The zero-order valence-electron chi connectivity index (χ0n) is 16.5. The topological polar surface area (TPSA) is 52.7 Å². The molecule has 0 radical (unpaired) electrons. The van der Waals surface area contributed by atoms with Crippen LogP contribution in [-0.2, 0) is 9.84 Å². The van der Waals surface area contributed by atoms with E-state index in [1.54, 1.807) is 25.2 Å². The predicted molar refractivity (Wildman–Crippen MR) is 120 cm³/mol. The van der Waals surface area contributed by atoms with Crippen molar-refractivity contribution in [1.29, 1.82) is 0 Å². The molecule has 0 bridgehead atoms. The fourth-order valence-electron chi connectivity index (χ4n) is 3.87. The number of sulfone groups is 1. The molecule has 1 aliphatic rings. The summed E-state index contributed by atoms with van der Waals surface area (Å²) in [6.45, 7) is 3.60. The summed E-state index contributed by atoms with van der Waals surface area (Å²) in [5, 5.41) is 5.47. The van der Waals surface area contributed by atoms with Crippen molar-refractivity contribution in [2.75, 3.05) is 50.5 Å². The van der Waals surface area contributed by atoms with Gasteiger partial charge in [0.2, 0.25) is 9.84 Å². The molecule has 1 saturated heterocycles. The van der Waals surface area contributed by atoms with E-state index in [2.05, 4.69) is 28.2 Å². The van der Waals surface area contributed by atoms with Gasteiger partial charge in [0.25, 0.3) is 0 Å². The number of hydrogen-bond acceptors (Lipinski definition) is 5. The lowest BCUT2D eigenvalue weighted by Gasteiger charge is -2.35. The van der Waals surface area contributed by atoms with Gasteiger partial charge in [-0.15, -0.1) is 0 Å². The van der Waals surface area contributed by atoms with E-state index in [4.69, 9.17) is 11.6 Å². The highest BCUT2D eigenvalue weighted by atomic mass is 35.5. The smallest absolute Gasteiger partial charge is 0.208 e. The Bertz CT molecular complexity index is 1160. The zero-order valence-corrected chi connectivity index (χ0v) is 18.1. The second kappa shape index (κ2) is 7.86. The maximum Gasteiger partial charge on any atom is 0.208 e. The summed E-state index contributed by atoms with van der Waals surface area (Å²) in [5.74, 6) is 0. The van der Waals surface area contributed by atoms with Gasteiger partial charge in [0.05, 0.1) is 15.5 Å². The third-order valence-corrected chi connectivity index (χ3v) is 7.49. The number of anilines is 2. The van der Waals surface area contributed by atoms with E-state index < -0.39 is 9.84 Å². The Morgan fingerprint density at radius 2 is 1.62 bits per heavy atom. The van der Waals surface area contributed by atoms with Crippen LogP contribution in [0.15, 0.2) is 64.4 Å². The van der Waals surface area contributed by atoms with Crippen LogP contribution in [0.25, 0.3) is 10.8 Å². The Morgan fingerprint density at radius 1 is 0.931 bits per heavy atom. The fraction of sp³-hybridized carbons (Fsp3) is 0.273.